The Morgan fingerprint density at radius 1 is 1.33 bits per heavy atom. The number of guanidine groups is 1. The van der Waals surface area contributed by atoms with Gasteiger partial charge in [-0.05, 0) is 25.0 Å². The van der Waals surface area contributed by atoms with Crippen molar-refractivity contribution in [2.75, 3.05) is 44.7 Å². The molecule has 1 aromatic heterocycles. The molecule has 30 heavy (non-hydrogen) atoms. The number of hydrogen-bond acceptors (Lipinski definition) is 5. The summed E-state index contributed by atoms with van der Waals surface area (Å²) in [6.45, 7) is 10.7. The second-order valence-electron chi connectivity index (χ2n) is 8.15. The van der Waals surface area contributed by atoms with Crippen LogP contribution < -0.4 is 15.5 Å². The Kier molecular flexibility index (Phi) is 9.60. The molecule has 2 fully saturated rings. The molecule has 8 nitrogen and oxygen atoms in total. The van der Waals surface area contributed by atoms with Crippen molar-refractivity contribution >= 4 is 41.7 Å². The summed E-state index contributed by atoms with van der Waals surface area (Å²) >= 11 is 0. The standard InChI is InChI=1S/C21H34N6O2.HI/c1-15(2)20(28)27-8-7-18(14-27)25-21(22-4)24-12-17-5-6-19(23-11-17)26-9-10-29-16(3)13-26;/h5-6,11,15-16,18H,7-10,12-14H2,1-4H3,(H2,22,24,25);1H. The molecule has 2 unspecified atom stereocenters. The van der Waals surface area contributed by atoms with Gasteiger partial charge in [0.15, 0.2) is 5.96 Å². The average molecular weight is 530 g/mol. The third-order valence-electron chi connectivity index (χ3n) is 5.39. The van der Waals surface area contributed by atoms with E-state index in [1.54, 1.807) is 7.05 Å². The van der Waals surface area contributed by atoms with Crippen molar-refractivity contribution < 1.29 is 9.53 Å². The van der Waals surface area contributed by atoms with E-state index >= 15 is 0 Å². The lowest BCUT2D eigenvalue weighted by Gasteiger charge is -2.32. The molecule has 2 N–H and O–H groups in total. The number of carbonyl (C=O) groups is 1. The van der Waals surface area contributed by atoms with Gasteiger partial charge < -0.3 is 25.2 Å². The summed E-state index contributed by atoms with van der Waals surface area (Å²) in [5.41, 5.74) is 1.10. The summed E-state index contributed by atoms with van der Waals surface area (Å²) in [7, 11) is 1.77. The first kappa shape index (κ1) is 24.6. The lowest BCUT2D eigenvalue weighted by Crippen LogP contribution is -2.45. The number of aliphatic imine (C=N–C) groups is 1. The third-order valence-corrected chi connectivity index (χ3v) is 5.39. The number of morpholine rings is 1. The van der Waals surface area contributed by atoms with Crippen molar-refractivity contribution in [3.05, 3.63) is 23.9 Å². The molecule has 0 spiro atoms. The molecule has 3 heterocycles. The number of hydrogen-bond donors (Lipinski definition) is 2. The van der Waals surface area contributed by atoms with Gasteiger partial charge in [-0.15, -0.1) is 24.0 Å². The highest BCUT2D eigenvalue weighted by Gasteiger charge is 2.28. The number of amides is 1. The van der Waals surface area contributed by atoms with Crippen molar-refractivity contribution in [2.45, 2.75) is 45.9 Å². The van der Waals surface area contributed by atoms with Crippen LogP contribution in [0.4, 0.5) is 5.82 Å². The maximum atomic E-state index is 12.2. The van der Waals surface area contributed by atoms with Crippen LogP contribution in [-0.4, -0.2) is 73.7 Å². The minimum absolute atomic E-state index is 0. The van der Waals surface area contributed by atoms with Crippen molar-refractivity contribution in [3.63, 3.8) is 0 Å². The summed E-state index contributed by atoms with van der Waals surface area (Å²) in [4.78, 5) is 25.3. The molecule has 0 aliphatic carbocycles. The van der Waals surface area contributed by atoms with E-state index in [1.807, 2.05) is 24.9 Å². The summed E-state index contributed by atoms with van der Waals surface area (Å²) < 4.78 is 5.60. The van der Waals surface area contributed by atoms with Crippen LogP contribution in [0.15, 0.2) is 23.3 Å². The Balaban J connectivity index is 0.00000320. The minimum atomic E-state index is 0. The molecule has 168 valence electrons. The maximum Gasteiger partial charge on any atom is 0.225 e. The van der Waals surface area contributed by atoms with Gasteiger partial charge in [0.1, 0.15) is 5.82 Å². The molecule has 0 aromatic carbocycles. The quantitative estimate of drug-likeness (QED) is 0.344. The third kappa shape index (κ3) is 6.69. The van der Waals surface area contributed by atoms with Crippen molar-refractivity contribution in [1.82, 2.24) is 20.5 Å². The van der Waals surface area contributed by atoms with E-state index in [9.17, 15) is 4.79 Å². The Morgan fingerprint density at radius 2 is 2.13 bits per heavy atom. The molecule has 2 aliphatic heterocycles. The highest BCUT2D eigenvalue weighted by atomic mass is 127. The van der Waals surface area contributed by atoms with Gasteiger partial charge >= 0.3 is 0 Å². The maximum absolute atomic E-state index is 12.2. The van der Waals surface area contributed by atoms with Crippen LogP contribution in [0.3, 0.4) is 0 Å². The lowest BCUT2D eigenvalue weighted by atomic mass is 10.2. The number of aromatic nitrogens is 1. The monoisotopic (exact) mass is 530 g/mol. The number of nitrogens with one attached hydrogen (secondary N) is 2. The zero-order chi connectivity index (χ0) is 20.8. The second-order valence-corrected chi connectivity index (χ2v) is 8.15. The van der Waals surface area contributed by atoms with Gasteiger partial charge in [0.05, 0.1) is 12.7 Å². The van der Waals surface area contributed by atoms with Gasteiger partial charge in [0.25, 0.3) is 0 Å². The molecule has 9 heteroatoms. The largest absolute Gasteiger partial charge is 0.375 e. The average Bonchev–Trinajstić information content (AvgIpc) is 3.19. The van der Waals surface area contributed by atoms with Gasteiger partial charge in [-0.1, -0.05) is 19.9 Å². The van der Waals surface area contributed by atoms with Crippen LogP contribution in [0.25, 0.3) is 0 Å². The van der Waals surface area contributed by atoms with Gasteiger partial charge in [-0.2, -0.15) is 0 Å². The smallest absolute Gasteiger partial charge is 0.225 e. The molecule has 2 atom stereocenters. The molecule has 0 bridgehead atoms. The molecule has 0 saturated carbocycles. The first-order valence-electron chi connectivity index (χ1n) is 10.5. The van der Waals surface area contributed by atoms with Crippen LogP contribution >= 0.6 is 24.0 Å². The zero-order valence-corrected chi connectivity index (χ0v) is 20.8. The number of ether oxygens (including phenoxy) is 1. The number of carbonyl (C=O) groups excluding carboxylic acids is 1. The normalized spacial score (nSPS) is 22.1. The van der Waals surface area contributed by atoms with E-state index < -0.39 is 0 Å². The van der Waals surface area contributed by atoms with Crippen LogP contribution in [0.1, 0.15) is 32.8 Å². The predicted octanol–water partition coefficient (Wildman–Crippen LogP) is 1.85. The molecule has 1 aromatic rings. The van der Waals surface area contributed by atoms with E-state index in [1.165, 1.54) is 0 Å². The fraction of sp³-hybridized carbons (Fsp3) is 0.667. The van der Waals surface area contributed by atoms with Crippen molar-refractivity contribution in [3.8, 4) is 0 Å². The van der Waals surface area contributed by atoms with Gasteiger partial charge in [-0.25, -0.2) is 4.98 Å². The van der Waals surface area contributed by atoms with Gasteiger partial charge in [0, 0.05) is 57.9 Å². The molecule has 0 radical (unpaired) electrons. The van der Waals surface area contributed by atoms with E-state index in [-0.39, 0.29) is 47.9 Å². The SMILES string of the molecule is CN=C(NCc1ccc(N2CCOC(C)C2)nc1)NC1CCN(C(=O)C(C)C)C1.I. The van der Waals surface area contributed by atoms with E-state index in [0.717, 1.165) is 56.5 Å². The predicted molar refractivity (Wildman–Crippen MR) is 130 cm³/mol. The molecular formula is C21H35IN6O2. The van der Waals surface area contributed by atoms with E-state index in [0.29, 0.717) is 6.54 Å². The molecule has 3 rings (SSSR count). The highest BCUT2D eigenvalue weighted by Crippen LogP contribution is 2.16. The fourth-order valence-electron chi connectivity index (χ4n) is 3.75. The first-order chi connectivity index (χ1) is 14.0. The van der Waals surface area contributed by atoms with Gasteiger partial charge in [0.2, 0.25) is 5.91 Å². The summed E-state index contributed by atoms with van der Waals surface area (Å²) in [6, 6.07) is 4.40. The van der Waals surface area contributed by atoms with Crippen LogP contribution in [0.2, 0.25) is 0 Å². The zero-order valence-electron chi connectivity index (χ0n) is 18.4. The van der Waals surface area contributed by atoms with E-state index in [2.05, 4.69) is 44.6 Å². The summed E-state index contributed by atoms with van der Waals surface area (Å²) in [5.74, 6) is 2.01. The second kappa shape index (κ2) is 11.7. The van der Waals surface area contributed by atoms with Crippen molar-refractivity contribution in [1.29, 1.82) is 0 Å². The Labute approximate surface area is 196 Å². The Hall–Kier alpha value is -1.62. The molecule has 1 amide bonds. The Morgan fingerprint density at radius 3 is 2.77 bits per heavy atom. The summed E-state index contributed by atoms with van der Waals surface area (Å²) in [6.07, 6.45) is 3.09. The highest BCUT2D eigenvalue weighted by molar-refractivity contribution is 14.0. The number of pyridine rings is 1. The molecule has 2 saturated heterocycles. The molecule has 2 aliphatic rings. The number of rotatable bonds is 5. The summed E-state index contributed by atoms with van der Waals surface area (Å²) in [5, 5.41) is 6.78. The lowest BCUT2D eigenvalue weighted by molar-refractivity contribution is -0.133. The first-order valence-corrected chi connectivity index (χ1v) is 10.5. The van der Waals surface area contributed by atoms with Gasteiger partial charge in [-0.3, -0.25) is 9.79 Å². The Bertz CT molecular complexity index is 712. The topological polar surface area (TPSA) is 82.1 Å². The number of halogens is 1. The van der Waals surface area contributed by atoms with Crippen LogP contribution in [0.5, 0.6) is 0 Å². The van der Waals surface area contributed by atoms with E-state index in [4.69, 9.17) is 4.74 Å². The fourth-order valence-corrected chi connectivity index (χ4v) is 3.75. The molecular weight excluding hydrogens is 495 g/mol. The van der Waals surface area contributed by atoms with Crippen LogP contribution in [-0.2, 0) is 16.1 Å². The number of nitrogens with zero attached hydrogens (tertiary/aromatic N) is 4. The van der Waals surface area contributed by atoms with Crippen molar-refractivity contribution in [2.24, 2.45) is 10.9 Å². The number of anilines is 1. The number of likely N-dealkylation sites (tertiary alicyclic amines) is 1. The minimum Gasteiger partial charge on any atom is -0.375 e. The van der Waals surface area contributed by atoms with Crippen LogP contribution in [0, 0.1) is 5.92 Å².